The third-order valence-electron chi connectivity index (χ3n) is 3.17. The number of nitrogens with one attached hydrogen (secondary N) is 1. The van der Waals surface area contributed by atoms with Crippen LogP contribution in [0.3, 0.4) is 0 Å². The Hall–Kier alpha value is -0.380. The fraction of sp³-hybridized carbons (Fsp3) is 0.667. The fourth-order valence-corrected chi connectivity index (χ4v) is 3.01. The van der Waals surface area contributed by atoms with Gasteiger partial charge in [-0.1, -0.05) is 0 Å². The summed E-state index contributed by atoms with van der Waals surface area (Å²) in [6.45, 7) is 5.69. The minimum Gasteiger partial charge on any atom is -0.309 e. The molecule has 1 N–H and O–H groups in total. The molecule has 0 aliphatic carbocycles. The number of hydrogen-bond acceptors (Lipinski definition) is 3. The number of likely N-dealkylation sites (tertiary alicyclic amines) is 1. The first-order valence-electron chi connectivity index (χ1n) is 5.69. The molecule has 84 valence electrons. The highest BCUT2D eigenvalue weighted by Crippen LogP contribution is 2.14. The Labute approximate surface area is 96.3 Å². The van der Waals surface area contributed by atoms with Crippen LogP contribution in [0.5, 0.6) is 0 Å². The minimum absolute atomic E-state index is 0.683. The van der Waals surface area contributed by atoms with Crippen LogP contribution in [-0.4, -0.2) is 31.1 Å². The topological polar surface area (TPSA) is 15.3 Å². The highest BCUT2D eigenvalue weighted by molar-refractivity contribution is 7.08. The first-order chi connectivity index (χ1) is 7.25. The zero-order valence-electron chi connectivity index (χ0n) is 9.62. The molecule has 2 heterocycles. The van der Waals surface area contributed by atoms with Crippen LogP contribution in [-0.2, 0) is 6.54 Å². The van der Waals surface area contributed by atoms with E-state index in [0.717, 1.165) is 6.54 Å². The fourth-order valence-electron chi connectivity index (χ4n) is 2.16. The first kappa shape index (κ1) is 11.1. The third-order valence-corrected chi connectivity index (χ3v) is 4.08. The number of thiophene rings is 1. The van der Waals surface area contributed by atoms with E-state index in [-0.39, 0.29) is 0 Å². The van der Waals surface area contributed by atoms with E-state index in [9.17, 15) is 0 Å². The summed E-state index contributed by atoms with van der Waals surface area (Å²) in [5, 5.41) is 8.15. The van der Waals surface area contributed by atoms with Crippen LogP contribution >= 0.6 is 11.3 Å². The number of likely N-dealkylation sites (N-methyl/N-ethyl adjacent to an activating group) is 1. The van der Waals surface area contributed by atoms with Crippen molar-refractivity contribution in [3.8, 4) is 0 Å². The molecule has 0 radical (unpaired) electrons. The number of piperidine rings is 1. The predicted octanol–water partition coefficient (Wildman–Crippen LogP) is 2.24. The molecular formula is C12H20N2S. The third kappa shape index (κ3) is 3.03. The Bertz CT molecular complexity index is 308. The van der Waals surface area contributed by atoms with Gasteiger partial charge in [-0.25, -0.2) is 0 Å². The zero-order chi connectivity index (χ0) is 10.7. The lowest BCUT2D eigenvalue weighted by atomic mass is 10.1. The van der Waals surface area contributed by atoms with Gasteiger partial charge in [0.2, 0.25) is 0 Å². The lowest BCUT2D eigenvalue weighted by Crippen LogP contribution is -2.43. The molecule has 1 unspecified atom stereocenters. The number of nitrogens with zero attached hydrogens (tertiary/aromatic N) is 1. The van der Waals surface area contributed by atoms with Gasteiger partial charge in [-0.3, -0.25) is 0 Å². The van der Waals surface area contributed by atoms with Gasteiger partial charge in [0.1, 0.15) is 0 Å². The second kappa shape index (κ2) is 5.10. The molecular weight excluding hydrogens is 204 g/mol. The lowest BCUT2D eigenvalue weighted by Gasteiger charge is -2.30. The van der Waals surface area contributed by atoms with E-state index in [4.69, 9.17) is 0 Å². The first-order valence-corrected chi connectivity index (χ1v) is 6.63. The van der Waals surface area contributed by atoms with Gasteiger partial charge in [0, 0.05) is 19.1 Å². The average molecular weight is 224 g/mol. The van der Waals surface area contributed by atoms with Crippen molar-refractivity contribution in [3.05, 3.63) is 21.9 Å². The summed E-state index contributed by atoms with van der Waals surface area (Å²) in [5.74, 6) is 0. The molecule has 0 amide bonds. The Morgan fingerprint density at radius 2 is 2.40 bits per heavy atom. The molecule has 1 aliphatic rings. The van der Waals surface area contributed by atoms with Crippen molar-refractivity contribution in [2.24, 2.45) is 0 Å². The van der Waals surface area contributed by atoms with Crippen molar-refractivity contribution in [1.29, 1.82) is 0 Å². The molecule has 1 aromatic rings. The van der Waals surface area contributed by atoms with Crippen LogP contribution in [0.25, 0.3) is 0 Å². The van der Waals surface area contributed by atoms with E-state index >= 15 is 0 Å². The molecule has 2 nitrogen and oxygen atoms in total. The van der Waals surface area contributed by atoms with Crippen molar-refractivity contribution in [2.75, 3.05) is 20.1 Å². The summed E-state index contributed by atoms with van der Waals surface area (Å²) < 4.78 is 0. The quantitative estimate of drug-likeness (QED) is 0.847. The van der Waals surface area contributed by atoms with Gasteiger partial charge in [0.15, 0.2) is 0 Å². The van der Waals surface area contributed by atoms with Gasteiger partial charge >= 0.3 is 0 Å². The highest BCUT2D eigenvalue weighted by Gasteiger charge is 2.16. The van der Waals surface area contributed by atoms with Crippen molar-refractivity contribution in [3.63, 3.8) is 0 Å². The van der Waals surface area contributed by atoms with E-state index in [1.807, 2.05) is 0 Å². The van der Waals surface area contributed by atoms with Crippen LogP contribution < -0.4 is 5.32 Å². The molecule has 3 heteroatoms. The Morgan fingerprint density at radius 1 is 1.53 bits per heavy atom. The molecule has 0 aromatic carbocycles. The smallest absolute Gasteiger partial charge is 0.0219 e. The standard InChI is InChI=1S/C12H20N2S/c1-10-8-15-9-11(10)6-13-12-4-3-5-14(2)7-12/h8-9,12-13H,3-7H2,1-2H3. The second-order valence-electron chi connectivity index (χ2n) is 4.56. The van der Waals surface area contributed by atoms with Gasteiger partial charge in [-0.2, -0.15) is 11.3 Å². The number of aryl methyl sites for hydroxylation is 1. The molecule has 1 fully saturated rings. The minimum atomic E-state index is 0.683. The molecule has 1 saturated heterocycles. The Kier molecular flexibility index (Phi) is 3.78. The zero-order valence-corrected chi connectivity index (χ0v) is 10.4. The van der Waals surface area contributed by atoms with Crippen LogP contribution in [0, 0.1) is 6.92 Å². The molecule has 0 spiro atoms. The van der Waals surface area contributed by atoms with E-state index in [1.54, 1.807) is 11.3 Å². The maximum absolute atomic E-state index is 3.66. The summed E-state index contributed by atoms with van der Waals surface area (Å²) in [6.07, 6.45) is 2.66. The van der Waals surface area contributed by atoms with Crippen LogP contribution in [0.15, 0.2) is 10.8 Å². The van der Waals surface area contributed by atoms with Gasteiger partial charge in [0.05, 0.1) is 0 Å². The van der Waals surface area contributed by atoms with Gasteiger partial charge in [0.25, 0.3) is 0 Å². The molecule has 0 bridgehead atoms. The van der Waals surface area contributed by atoms with Crippen molar-refractivity contribution >= 4 is 11.3 Å². The molecule has 2 rings (SSSR count). The molecule has 1 aliphatic heterocycles. The predicted molar refractivity (Wildman–Crippen MR) is 66.4 cm³/mol. The number of rotatable bonds is 3. The van der Waals surface area contributed by atoms with Gasteiger partial charge in [-0.05, 0) is 55.2 Å². The highest BCUT2D eigenvalue weighted by atomic mass is 32.1. The average Bonchev–Trinajstić information content (AvgIpc) is 2.61. The maximum Gasteiger partial charge on any atom is 0.0219 e. The van der Waals surface area contributed by atoms with Crippen LogP contribution in [0.4, 0.5) is 0 Å². The SMILES string of the molecule is Cc1cscc1CNC1CCCN(C)C1. The van der Waals surface area contributed by atoms with Gasteiger partial charge in [-0.15, -0.1) is 0 Å². The van der Waals surface area contributed by atoms with E-state index < -0.39 is 0 Å². The van der Waals surface area contributed by atoms with E-state index in [1.165, 1.54) is 37.1 Å². The van der Waals surface area contributed by atoms with E-state index in [0.29, 0.717) is 6.04 Å². The lowest BCUT2D eigenvalue weighted by molar-refractivity contribution is 0.226. The van der Waals surface area contributed by atoms with Gasteiger partial charge < -0.3 is 10.2 Å². The van der Waals surface area contributed by atoms with Crippen molar-refractivity contribution in [2.45, 2.75) is 32.4 Å². The normalized spacial score (nSPS) is 23.2. The molecule has 1 aromatic heterocycles. The summed E-state index contributed by atoms with van der Waals surface area (Å²) in [6, 6.07) is 0.683. The molecule has 0 saturated carbocycles. The monoisotopic (exact) mass is 224 g/mol. The summed E-state index contributed by atoms with van der Waals surface area (Å²) in [5.41, 5.74) is 2.89. The van der Waals surface area contributed by atoms with Crippen molar-refractivity contribution in [1.82, 2.24) is 10.2 Å². The number of hydrogen-bond donors (Lipinski definition) is 1. The maximum atomic E-state index is 3.66. The van der Waals surface area contributed by atoms with E-state index in [2.05, 4.69) is 34.9 Å². The summed E-state index contributed by atoms with van der Waals surface area (Å²) in [7, 11) is 2.21. The van der Waals surface area contributed by atoms with Crippen LogP contribution in [0.2, 0.25) is 0 Å². The molecule has 1 atom stereocenters. The van der Waals surface area contributed by atoms with Crippen molar-refractivity contribution < 1.29 is 0 Å². The molecule has 15 heavy (non-hydrogen) atoms. The summed E-state index contributed by atoms with van der Waals surface area (Å²) >= 11 is 1.80. The largest absolute Gasteiger partial charge is 0.309 e. The Morgan fingerprint density at radius 3 is 3.07 bits per heavy atom. The summed E-state index contributed by atoms with van der Waals surface area (Å²) in [4.78, 5) is 2.42. The Balaban J connectivity index is 1.80. The van der Waals surface area contributed by atoms with Crippen LogP contribution in [0.1, 0.15) is 24.0 Å². The second-order valence-corrected chi connectivity index (χ2v) is 5.31.